The Labute approximate surface area is 96.8 Å². The molecule has 1 aromatic carbocycles. The second-order valence-electron chi connectivity index (χ2n) is 3.71. The van der Waals surface area contributed by atoms with Crippen molar-refractivity contribution < 1.29 is 9.53 Å². The Hall–Kier alpha value is -1.35. The van der Waals surface area contributed by atoms with Crippen LogP contribution in [0.5, 0.6) is 0 Å². The molecule has 0 bridgehead atoms. The minimum atomic E-state index is -0.111. The fourth-order valence-electron chi connectivity index (χ4n) is 1.38. The molecule has 3 nitrogen and oxygen atoms in total. The highest BCUT2D eigenvalue weighted by molar-refractivity contribution is 5.69. The van der Waals surface area contributed by atoms with E-state index in [1.54, 1.807) is 0 Å². The molecule has 0 saturated heterocycles. The van der Waals surface area contributed by atoms with Gasteiger partial charge < -0.3 is 10.1 Å². The number of esters is 1. The summed E-state index contributed by atoms with van der Waals surface area (Å²) in [6, 6.07) is 9.73. The van der Waals surface area contributed by atoms with Gasteiger partial charge in [0.15, 0.2) is 0 Å². The number of unbranched alkanes of at least 4 members (excludes halogenated alkanes) is 1. The zero-order chi connectivity index (χ0) is 11.6. The number of benzene rings is 1. The number of nitrogens with one attached hydrogen (secondary N) is 1. The van der Waals surface area contributed by atoms with Crippen LogP contribution in [0.4, 0.5) is 0 Å². The molecule has 16 heavy (non-hydrogen) atoms. The molecule has 0 fully saturated rings. The Bertz CT molecular complexity index is 298. The lowest BCUT2D eigenvalue weighted by atomic mass is 10.2. The van der Waals surface area contributed by atoms with Crippen molar-refractivity contribution in [2.75, 3.05) is 13.6 Å². The van der Waals surface area contributed by atoms with Gasteiger partial charge in [0.25, 0.3) is 0 Å². The van der Waals surface area contributed by atoms with Gasteiger partial charge in [-0.3, -0.25) is 4.79 Å². The third-order valence-electron chi connectivity index (χ3n) is 2.30. The van der Waals surface area contributed by atoms with E-state index in [1.807, 2.05) is 37.4 Å². The van der Waals surface area contributed by atoms with E-state index in [2.05, 4.69) is 5.32 Å². The molecule has 3 heteroatoms. The van der Waals surface area contributed by atoms with Gasteiger partial charge in [0.05, 0.1) is 0 Å². The normalized spacial score (nSPS) is 10.1. The number of carbonyl (C=O) groups excluding carboxylic acids is 1. The number of ether oxygens (including phenoxy) is 1. The Morgan fingerprint density at radius 2 is 2.00 bits per heavy atom. The average molecular weight is 221 g/mol. The topological polar surface area (TPSA) is 38.3 Å². The van der Waals surface area contributed by atoms with E-state index in [0.29, 0.717) is 13.0 Å². The van der Waals surface area contributed by atoms with Crippen molar-refractivity contribution in [1.29, 1.82) is 0 Å². The van der Waals surface area contributed by atoms with E-state index >= 15 is 0 Å². The zero-order valence-electron chi connectivity index (χ0n) is 9.74. The number of hydrogen-bond donors (Lipinski definition) is 1. The maximum absolute atomic E-state index is 11.3. The van der Waals surface area contributed by atoms with Crippen LogP contribution in [0.1, 0.15) is 24.8 Å². The van der Waals surface area contributed by atoms with Gasteiger partial charge >= 0.3 is 5.97 Å². The monoisotopic (exact) mass is 221 g/mol. The highest BCUT2D eigenvalue weighted by Gasteiger charge is 2.02. The summed E-state index contributed by atoms with van der Waals surface area (Å²) in [6.45, 7) is 1.33. The highest BCUT2D eigenvalue weighted by Crippen LogP contribution is 2.03. The molecular formula is C13H19NO2. The summed E-state index contributed by atoms with van der Waals surface area (Å²) in [5, 5.41) is 3.05. The van der Waals surface area contributed by atoms with Gasteiger partial charge in [0.2, 0.25) is 0 Å². The number of hydrogen-bond acceptors (Lipinski definition) is 3. The molecule has 1 N–H and O–H groups in total. The summed E-state index contributed by atoms with van der Waals surface area (Å²) in [5.74, 6) is -0.111. The van der Waals surface area contributed by atoms with Crippen LogP contribution in [-0.4, -0.2) is 19.6 Å². The maximum Gasteiger partial charge on any atom is 0.306 e. The summed E-state index contributed by atoms with van der Waals surface area (Å²) in [5.41, 5.74) is 1.03. The van der Waals surface area contributed by atoms with Gasteiger partial charge in [-0.2, -0.15) is 0 Å². The zero-order valence-corrected chi connectivity index (χ0v) is 9.74. The van der Waals surface area contributed by atoms with Gasteiger partial charge in [-0.1, -0.05) is 30.3 Å². The van der Waals surface area contributed by atoms with Gasteiger partial charge in [-0.25, -0.2) is 0 Å². The fraction of sp³-hybridized carbons (Fsp3) is 0.462. The lowest BCUT2D eigenvalue weighted by Gasteiger charge is -2.04. The summed E-state index contributed by atoms with van der Waals surface area (Å²) >= 11 is 0. The maximum atomic E-state index is 11.3. The van der Waals surface area contributed by atoms with E-state index in [0.717, 1.165) is 24.9 Å². The van der Waals surface area contributed by atoms with Crippen molar-refractivity contribution in [3.8, 4) is 0 Å². The molecule has 0 heterocycles. The van der Waals surface area contributed by atoms with Gasteiger partial charge in [-0.05, 0) is 32.0 Å². The minimum Gasteiger partial charge on any atom is -0.461 e. The lowest BCUT2D eigenvalue weighted by Crippen LogP contribution is -2.09. The van der Waals surface area contributed by atoms with Crippen molar-refractivity contribution in [1.82, 2.24) is 5.32 Å². The van der Waals surface area contributed by atoms with E-state index in [9.17, 15) is 4.79 Å². The molecule has 0 aromatic heterocycles. The molecule has 0 unspecified atom stereocenters. The molecule has 0 aliphatic heterocycles. The van der Waals surface area contributed by atoms with Gasteiger partial charge in [-0.15, -0.1) is 0 Å². The molecule has 0 spiro atoms. The molecule has 1 rings (SSSR count). The SMILES string of the molecule is CNCCCCC(=O)OCc1ccccc1. The van der Waals surface area contributed by atoms with Crippen LogP contribution in [0.3, 0.4) is 0 Å². The molecule has 88 valence electrons. The summed E-state index contributed by atoms with van der Waals surface area (Å²) in [4.78, 5) is 11.3. The quantitative estimate of drug-likeness (QED) is 0.566. The van der Waals surface area contributed by atoms with Crippen molar-refractivity contribution in [2.45, 2.75) is 25.9 Å². The third-order valence-corrected chi connectivity index (χ3v) is 2.30. The van der Waals surface area contributed by atoms with Crippen molar-refractivity contribution in [3.63, 3.8) is 0 Å². The lowest BCUT2D eigenvalue weighted by molar-refractivity contribution is -0.145. The van der Waals surface area contributed by atoms with Crippen LogP contribution in [0, 0.1) is 0 Å². The van der Waals surface area contributed by atoms with Crippen LogP contribution in [0.25, 0.3) is 0 Å². The molecule has 0 aliphatic rings. The first-order valence-corrected chi connectivity index (χ1v) is 5.67. The molecule has 0 amide bonds. The fourth-order valence-corrected chi connectivity index (χ4v) is 1.38. The van der Waals surface area contributed by atoms with Gasteiger partial charge in [0, 0.05) is 6.42 Å². The Morgan fingerprint density at radius 3 is 2.69 bits per heavy atom. The van der Waals surface area contributed by atoms with Crippen LogP contribution in [-0.2, 0) is 16.1 Å². The Kier molecular flexibility index (Phi) is 6.26. The first-order chi connectivity index (χ1) is 7.83. The Morgan fingerprint density at radius 1 is 1.25 bits per heavy atom. The largest absolute Gasteiger partial charge is 0.461 e. The molecule has 0 saturated carbocycles. The van der Waals surface area contributed by atoms with Crippen LogP contribution >= 0.6 is 0 Å². The first kappa shape index (κ1) is 12.7. The minimum absolute atomic E-state index is 0.111. The summed E-state index contributed by atoms with van der Waals surface area (Å²) in [7, 11) is 1.91. The van der Waals surface area contributed by atoms with E-state index in [4.69, 9.17) is 4.74 Å². The summed E-state index contributed by atoms with van der Waals surface area (Å²) < 4.78 is 5.15. The predicted octanol–water partition coefficient (Wildman–Crippen LogP) is 2.12. The van der Waals surface area contributed by atoms with Crippen LogP contribution in [0.15, 0.2) is 30.3 Å². The average Bonchev–Trinajstić information content (AvgIpc) is 2.33. The first-order valence-electron chi connectivity index (χ1n) is 5.67. The standard InChI is InChI=1S/C13H19NO2/c1-14-10-6-5-9-13(15)16-11-12-7-3-2-4-8-12/h2-4,7-8,14H,5-6,9-11H2,1H3. The number of rotatable bonds is 7. The Balaban J connectivity index is 2.11. The molecule has 0 atom stereocenters. The molecule has 1 aromatic rings. The van der Waals surface area contributed by atoms with E-state index in [1.165, 1.54) is 0 Å². The second-order valence-corrected chi connectivity index (χ2v) is 3.71. The van der Waals surface area contributed by atoms with Crippen molar-refractivity contribution in [3.05, 3.63) is 35.9 Å². The predicted molar refractivity (Wildman–Crippen MR) is 64.0 cm³/mol. The van der Waals surface area contributed by atoms with E-state index < -0.39 is 0 Å². The molecular weight excluding hydrogens is 202 g/mol. The summed E-state index contributed by atoms with van der Waals surface area (Å²) in [6.07, 6.45) is 2.40. The van der Waals surface area contributed by atoms with Gasteiger partial charge in [0.1, 0.15) is 6.61 Å². The smallest absolute Gasteiger partial charge is 0.306 e. The van der Waals surface area contributed by atoms with Crippen LogP contribution in [0.2, 0.25) is 0 Å². The number of carbonyl (C=O) groups is 1. The van der Waals surface area contributed by atoms with Crippen molar-refractivity contribution in [2.24, 2.45) is 0 Å². The van der Waals surface area contributed by atoms with Crippen molar-refractivity contribution >= 4 is 5.97 Å². The highest BCUT2D eigenvalue weighted by atomic mass is 16.5. The third kappa shape index (κ3) is 5.51. The second kappa shape index (κ2) is 7.88. The van der Waals surface area contributed by atoms with E-state index in [-0.39, 0.29) is 5.97 Å². The molecule has 0 aliphatic carbocycles. The van der Waals surface area contributed by atoms with Crippen LogP contribution < -0.4 is 5.32 Å². The molecule has 0 radical (unpaired) electrons.